The number of hydrogen-bond acceptors (Lipinski definition) is 4. The molecule has 4 nitrogen and oxygen atoms in total. The van der Waals surface area contributed by atoms with E-state index >= 15 is 0 Å². The summed E-state index contributed by atoms with van der Waals surface area (Å²) in [4.78, 5) is 17.5. The molecule has 2 heterocycles. The van der Waals surface area contributed by atoms with Crippen molar-refractivity contribution in [3.05, 3.63) is 34.9 Å². The molecule has 1 aromatic carbocycles. The predicted octanol–water partition coefficient (Wildman–Crippen LogP) is 2.62. The van der Waals surface area contributed by atoms with Crippen LogP contribution in [-0.4, -0.2) is 72.6 Å². The highest BCUT2D eigenvalue weighted by molar-refractivity contribution is 7.99. The van der Waals surface area contributed by atoms with E-state index in [0.29, 0.717) is 10.6 Å². The fourth-order valence-electron chi connectivity index (χ4n) is 3.12. The molecule has 2 aliphatic heterocycles. The van der Waals surface area contributed by atoms with Crippen LogP contribution in [0.2, 0.25) is 5.02 Å². The molecule has 0 spiro atoms. The third-order valence-electron chi connectivity index (χ3n) is 4.38. The molecule has 1 amide bonds. The van der Waals surface area contributed by atoms with Crippen LogP contribution in [0.15, 0.2) is 24.3 Å². The maximum absolute atomic E-state index is 13.0. The number of halogens is 1. The Hall–Kier alpha value is -0.750. The second-order valence-electron chi connectivity index (χ2n) is 5.97. The van der Waals surface area contributed by atoms with Gasteiger partial charge in [0.15, 0.2) is 0 Å². The standard InChI is InChI=1S/C17H23ClN2O2S/c18-16-5-2-1-4-15(16)17(21)20-6-3-11-23-13-14(20)12-19-7-9-22-10-8-19/h1-2,4-5,14H,3,6-13H2. The first kappa shape index (κ1) is 17.1. The summed E-state index contributed by atoms with van der Waals surface area (Å²) in [5.74, 6) is 2.18. The molecule has 2 saturated heterocycles. The van der Waals surface area contributed by atoms with Crippen LogP contribution >= 0.6 is 23.4 Å². The fourth-order valence-corrected chi connectivity index (χ4v) is 4.39. The van der Waals surface area contributed by atoms with E-state index < -0.39 is 0 Å². The van der Waals surface area contributed by atoms with Crippen LogP contribution in [0.1, 0.15) is 16.8 Å². The predicted molar refractivity (Wildman–Crippen MR) is 95.5 cm³/mol. The van der Waals surface area contributed by atoms with E-state index in [-0.39, 0.29) is 11.9 Å². The number of hydrogen-bond donors (Lipinski definition) is 0. The van der Waals surface area contributed by atoms with Crippen LogP contribution in [0.25, 0.3) is 0 Å². The van der Waals surface area contributed by atoms with Crippen LogP contribution in [0.5, 0.6) is 0 Å². The van der Waals surface area contributed by atoms with Crippen molar-refractivity contribution in [3.8, 4) is 0 Å². The number of benzene rings is 1. The lowest BCUT2D eigenvalue weighted by atomic mass is 10.1. The summed E-state index contributed by atoms with van der Waals surface area (Å²) in [6.07, 6.45) is 1.04. The molecular formula is C17H23ClN2O2S. The van der Waals surface area contributed by atoms with Crippen LogP contribution in [0, 0.1) is 0 Å². The van der Waals surface area contributed by atoms with Gasteiger partial charge in [-0.1, -0.05) is 23.7 Å². The second-order valence-corrected chi connectivity index (χ2v) is 7.53. The van der Waals surface area contributed by atoms with E-state index in [0.717, 1.165) is 57.3 Å². The number of nitrogens with zero attached hydrogens (tertiary/aromatic N) is 2. The Balaban J connectivity index is 1.75. The highest BCUT2D eigenvalue weighted by Gasteiger charge is 2.29. The Morgan fingerprint density at radius 2 is 2.04 bits per heavy atom. The summed E-state index contributed by atoms with van der Waals surface area (Å²) in [5.41, 5.74) is 0.619. The molecule has 0 saturated carbocycles. The third kappa shape index (κ3) is 4.41. The first-order valence-electron chi connectivity index (χ1n) is 8.19. The summed E-state index contributed by atoms with van der Waals surface area (Å²) in [7, 11) is 0. The van der Waals surface area contributed by atoms with E-state index in [1.807, 2.05) is 34.9 Å². The highest BCUT2D eigenvalue weighted by atomic mass is 35.5. The number of morpholine rings is 1. The quantitative estimate of drug-likeness (QED) is 0.835. The zero-order valence-electron chi connectivity index (χ0n) is 13.2. The topological polar surface area (TPSA) is 32.8 Å². The van der Waals surface area contributed by atoms with Crippen LogP contribution < -0.4 is 0 Å². The lowest BCUT2D eigenvalue weighted by Gasteiger charge is -2.35. The van der Waals surface area contributed by atoms with Crippen LogP contribution in [0.3, 0.4) is 0 Å². The molecule has 3 rings (SSSR count). The number of amides is 1. The van der Waals surface area contributed by atoms with Gasteiger partial charge in [-0.3, -0.25) is 9.69 Å². The molecule has 2 aliphatic rings. The molecule has 6 heteroatoms. The Kier molecular flexibility index (Phi) is 6.22. The van der Waals surface area contributed by atoms with Gasteiger partial charge < -0.3 is 9.64 Å². The Labute approximate surface area is 147 Å². The van der Waals surface area contributed by atoms with Crippen molar-refractivity contribution in [2.75, 3.05) is 50.9 Å². The summed E-state index contributed by atoms with van der Waals surface area (Å²) in [6, 6.07) is 7.60. The Morgan fingerprint density at radius 1 is 1.26 bits per heavy atom. The fraction of sp³-hybridized carbons (Fsp3) is 0.588. The maximum Gasteiger partial charge on any atom is 0.255 e. The van der Waals surface area contributed by atoms with Gasteiger partial charge in [-0.15, -0.1) is 0 Å². The first-order valence-corrected chi connectivity index (χ1v) is 9.72. The minimum absolute atomic E-state index is 0.0661. The van der Waals surface area contributed by atoms with Crippen molar-refractivity contribution in [3.63, 3.8) is 0 Å². The van der Waals surface area contributed by atoms with Crippen molar-refractivity contribution in [1.29, 1.82) is 0 Å². The van der Waals surface area contributed by atoms with Crippen molar-refractivity contribution in [2.45, 2.75) is 12.5 Å². The van der Waals surface area contributed by atoms with Crippen molar-refractivity contribution in [1.82, 2.24) is 9.80 Å². The number of carbonyl (C=O) groups excluding carboxylic acids is 1. The van der Waals surface area contributed by atoms with Crippen LogP contribution in [0.4, 0.5) is 0 Å². The van der Waals surface area contributed by atoms with Gasteiger partial charge in [0, 0.05) is 31.9 Å². The van der Waals surface area contributed by atoms with Gasteiger partial charge in [0.25, 0.3) is 5.91 Å². The van der Waals surface area contributed by atoms with Gasteiger partial charge in [-0.2, -0.15) is 11.8 Å². The van der Waals surface area contributed by atoms with Crippen LogP contribution in [-0.2, 0) is 4.74 Å². The number of thioether (sulfide) groups is 1. The van der Waals surface area contributed by atoms with E-state index in [1.165, 1.54) is 0 Å². The molecule has 1 aromatic rings. The van der Waals surface area contributed by atoms with Gasteiger partial charge in [-0.25, -0.2) is 0 Å². The molecule has 0 radical (unpaired) electrons. The SMILES string of the molecule is O=C(c1ccccc1Cl)N1CCCSCC1CN1CCOCC1. The zero-order valence-corrected chi connectivity index (χ0v) is 14.8. The van der Waals surface area contributed by atoms with Gasteiger partial charge >= 0.3 is 0 Å². The zero-order chi connectivity index (χ0) is 16.1. The number of rotatable bonds is 3. The molecular weight excluding hydrogens is 332 g/mol. The van der Waals surface area contributed by atoms with Crippen molar-refractivity contribution >= 4 is 29.3 Å². The Morgan fingerprint density at radius 3 is 2.83 bits per heavy atom. The van der Waals surface area contributed by atoms with Gasteiger partial charge in [0.05, 0.1) is 29.8 Å². The average molecular weight is 355 g/mol. The lowest BCUT2D eigenvalue weighted by Crippen LogP contribution is -2.50. The van der Waals surface area contributed by atoms with E-state index in [9.17, 15) is 4.79 Å². The molecule has 1 unspecified atom stereocenters. The third-order valence-corrected chi connectivity index (χ3v) is 5.90. The lowest BCUT2D eigenvalue weighted by molar-refractivity contribution is 0.0245. The molecule has 126 valence electrons. The van der Waals surface area contributed by atoms with E-state index in [1.54, 1.807) is 6.07 Å². The summed E-state index contributed by atoms with van der Waals surface area (Å²) >= 11 is 8.19. The Bertz CT molecular complexity index is 537. The molecule has 0 bridgehead atoms. The van der Waals surface area contributed by atoms with Gasteiger partial charge in [0.1, 0.15) is 0 Å². The molecule has 1 atom stereocenters. The van der Waals surface area contributed by atoms with E-state index in [4.69, 9.17) is 16.3 Å². The summed E-state index contributed by atoms with van der Waals surface area (Å²) in [5, 5.41) is 0.541. The van der Waals surface area contributed by atoms with Gasteiger partial charge in [-0.05, 0) is 24.3 Å². The number of ether oxygens (including phenoxy) is 1. The summed E-state index contributed by atoms with van der Waals surface area (Å²) in [6.45, 7) is 5.22. The molecule has 0 aliphatic carbocycles. The largest absolute Gasteiger partial charge is 0.379 e. The minimum atomic E-state index is 0.0661. The molecule has 2 fully saturated rings. The number of carbonyl (C=O) groups is 1. The molecule has 0 aromatic heterocycles. The molecule has 23 heavy (non-hydrogen) atoms. The molecule has 0 N–H and O–H groups in total. The highest BCUT2D eigenvalue weighted by Crippen LogP contribution is 2.23. The summed E-state index contributed by atoms with van der Waals surface area (Å²) < 4.78 is 5.43. The normalized spacial score (nSPS) is 23.5. The van der Waals surface area contributed by atoms with Crippen molar-refractivity contribution in [2.24, 2.45) is 0 Å². The van der Waals surface area contributed by atoms with Gasteiger partial charge in [0.2, 0.25) is 0 Å². The smallest absolute Gasteiger partial charge is 0.255 e. The maximum atomic E-state index is 13.0. The van der Waals surface area contributed by atoms with Crippen molar-refractivity contribution < 1.29 is 9.53 Å². The monoisotopic (exact) mass is 354 g/mol. The minimum Gasteiger partial charge on any atom is -0.379 e. The average Bonchev–Trinajstić information content (AvgIpc) is 2.81. The first-order chi connectivity index (χ1) is 11.3. The second kappa shape index (κ2) is 8.38. The van der Waals surface area contributed by atoms with E-state index in [2.05, 4.69) is 4.90 Å².